The average Bonchev–Trinajstić information content (AvgIpc) is 2.97. The van der Waals surface area contributed by atoms with Crippen LogP contribution in [0.4, 0.5) is 5.82 Å². The predicted molar refractivity (Wildman–Crippen MR) is 91.2 cm³/mol. The molecular formula is C14H19ClN4O4S. The molecule has 10 heteroatoms. The maximum Gasteiger partial charge on any atom is 0.242 e. The van der Waals surface area contributed by atoms with Crippen molar-refractivity contribution in [1.82, 2.24) is 13.9 Å². The van der Waals surface area contributed by atoms with Crippen LogP contribution in [-0.4, -0.2) is 67.6 Å². The Bertz CT molecular complexity index is 839. The van der Waals surface area contributed by atoms with Gasteiger partial charge in [-0.2, -0.15) is 9.97 Å². The molecule has 1 atom stereocenters. The highest BCUT2D eigenvalue weighted by molar-refractivity contribution is 7.90. The lowest BCUT2D eigenvalue weighted by atomic mass is 10.2. The summed E-state index contributed by atoms with van der Waals surface area (Å²) in [5.74, 6) is 0.486. The van der Waals surface area contributed by atoms with E-state index < -0.39 is 10.0 Å². The molecule has 2 aromatic rings. The molecule has 3 heterocycles. The number of ether oxygens (including phenoxy) is 2. The van der Waals surface area contributed by atoms with Crippen LogP contribution in [0.25, 0.3) is 11.0 Å². The Hall–Kier alpha value is -1.42. The third-order valence-corrected chi connectivity index (χ3v) is 5.69. The number of nitrogens with zero attached hydrogens (tertiary/aromatic N) is 4. The standard InChI is InChI=1S/C14H19ClN4O4S/c1-10-9-23-6-5-18(10)12-11-3-4-19(13(11)17-14(15)16-12)24(20,21)8-7-22-2/h3-4,10H,5-9H2,1-2H3. The van der Waals surface area contributed by atoms with E-state index in [4.69, 9.17) is 21.1 Å². The van der Waals surface area contributed by atoms with Gasteiger partial charge in [0, 0.05) is 19.9 Å². The molecule has 8 nitrogen and oxygen atoms in total. The first kappa shape index (κ1) is 17.4. The molecule has 0 aromatic carbocycles. The molecule has 1 unspecified atom stereocenters. The summed E-state index contributed by atoms with van der Waals surface area (Å²) in [7, 11) is -2.13. The molecule has 0 radical (unpaired) electrons. The minimum atomic E-state index is -3.58. The van der Waals surface area contributed by atoms with Gasteiger partial charge in [0.25, 0.3) is 0 Å². The van der Waals surface area contributed by atoms with Crippen molar-refractivity contribution in [1.29, 1.82) is 0 Å². The molecule has 24 heavy (non-hydrogen) atoms. The van der Waals surface area contributed by atoms with Crippen LogP contribution in [0.5, 0.6) is 0 Å². The van der Waals surface area contributed by atoms with E-state index in [1.807, 2.05) is 6.92 Å². The van der Waals surface area contributed by atoms with Crippen LogP contribution in [0, 0.1) is 0 Å². The van der Waals surface area contributed by atoms with Crippen molar-refractivity contribution in [3.8, 4) is 0 Å². The molecular weight excluding hydrogens is 356 g/mol. The molecule has 0 spiro atoms. The van der Waals surface area contributed by atoms with Crippen molar-refractivity contribution in [3.05, 3.63) is 17.5 Å². The van der Waals surface area contributed by atoms with Crippen LogP contribution in [0.2, 0.25) is 5.28 Å². The lowest BCUT2D eigenvalue weighted by Crippen LogP contribution is -2.44. The van der Waals surface area contributed by atoms with Crippen molar-refractivity contribution in [2.45, 2.75) is 13.0 Å². The molecule has 3 rings (SSSR count). The summed E-state index contributed by atoms with van der Waals surface area (Å²) < 4.78 is 36.4. The summed E-state index contributed by atoms with van der Waals surface area (Å²) in [5.41, 5.74) is 0.278. The molecule has 0 aliphatic carbocycles. The van der Waals surface area contributed by atoms with E-state index in [2.05, 4.69) is 14.9 Å². The summed E-state index contributed by atoms with van der Waals surface area (Å²) >= 11 is 6.06. The molecule has 0 amide bonds. The van der Waals surface area contributed by atoms with E-state index in [9.17, 15) is 8.42 Å². The minimum Gasteiger partial charge on any atom is -0.384 e. The molecule has 1 aliphatic heterocycles. The van der Waals surface area contributed by atoms with Crippen molar-refractivity contribution in [3.63, 3.8) is 0 Å². The summed E-state index contributed by atoms with van der Waals surface area (Å²) in [6.07, 6.45) is 1.48. The first-order valence-electron chi connectivity index (χ1n) is 7.55. The second-order valence-corrected chi connectivity index (χ2v) is 7.89. The molecule has 2 aromatic heterocycles. The van der Waals surface area contributed by atoms with Gasteiger partial charge in [0.1, 0.15) is 5.82 Å². The van der Waals surface area contributed by atoms with E-state index in [1.54, 1.807) is 6.07 Å². The highest BCUT2D eigenvalue weighted by Gasteiger charge is 2.26. The number of rotatable bonds is 5. The lowest BCUT2D eigenvalue weighted by Gasteiger charge is -2.34. The largest absolute Gasteiger partial charge is 0.384 e. The highest BCUT2D eigenvalue weighted by atomic mass is 35.5. The van der Waals surface area contributed by atoms with Gasteiger partial charge in [-0.3, -0.25) is 0 Å². The lowest BCUT2D eigenvalue weighted by molar-refractivity contribution is 0.0987. The topological polar surface area (TPSA) is 86.6 Å². The maximum atomic E-state index is 12.5. The second kappa shape index (κ2) is 6.83. The molecule has 0 N–H and O–H groups in total. The van der Waals surface area contributed by atoms with Gasteiger partial charge in [0.05, 0.1) is 37.0 Å². The molecule has 132 valence electrons. The molecule has 1 aliphatic rings. The molecule has 0 bridgehead atoms. The van der Waals surface area contributed by atoms with Crippen molar-refractivity contribution in [2.24, 2.45) is 0 Å². The third-order valence-electron chi connectivity index (χ3n) is 3.95. The zero-order valence-corrected chi connectivity index (χ0v) is 15.0. The molecule has 0 saturated carbocycles. The quantitative estimate of drug-likeness (QED) is 0.725. The number of anilines is 1. The van der Waals surface area contributed by atoms with E-state index in [1.165, 1.54) is 13.3 Å². The Labute approximate surface area is 145 Å². The number of hydrogen-bond donors (Lipinski definition) is 0. The van der Waals surface area contributed by atoms with Crippen LogP contribution < -0.4 is 4.90 Å². The Morgan fingerprint density at radius 2 is 2.25 bits per heavy atom. The van der Waals surface area contributed by atoms with E-state index in [0.29, 0.717) is 31.0 Å². The molecule has 1 fully saturated rings. The number of morpholine rings is 1. The maximum absolute atomic E-state index is 12.5. The predicted octanol–water partition coefficient (Wildman–Crippen LogP) is 1.13. The summed E-state index contributed by atoms with van der Waals surface area (Å²) in [6.45, 7) is 3.95. The third kappa shape index (κ3) is 3.21. The van der Waals surface area contributed by atoms with Gasteiger partial charge in [-0.25, -0.2) is 12.4 Å². The number of fused-ring (bicyclic) bond motifs is 1. The van der Waals surface area contributed by atoms with Crippen LogP contribution in [-0.2, 0) is 19.5 Å². The van der Waals surface area contributed by atoms with Crippen molar-refractivity contribution in [2.75, 3.05) is 44.1 Å². The van der Waals surface area contributed by atoms with Gasteiger partial charge in [0.2, 0.25) is 15.3 Å². The summed E-state index contributed by atoms with van der Waals surface area (Å²) in [4.78, 5) is 10.5. The number of hydrogen-bond acceptors (Lipinski definition) is 7. The summed E-state index contributed by atoms with van der Waals surface area (Å²) in [5, 5.41) is 0.659. The normalized spacial score (nSPS) is 19.1. The Balaban J connectivity index is 2.10. The van der Waals surface area contributed by atoms with Gasteiger partial charge in [0.15, 0.2) is 5.65 Å². The Morgan fingerprint density at radius 1 is 1.46 bits per heavy atom. The highest BCUT2D eigenvalue weighted by Crippen LogP contribution is 2.29. The Kier molecular flexibility index (Phi) is 4.95. The smallest absolute Gasteiger partial charge is 0.242 e. The zero-order chi connectivity index (χ0) is 17.3. The number of methoxy groups -OCH3 is 1. The van der Waals surface area contributed by atoms with E-state index in [-0.39, 0.29) is 29.3 Å². The Morgan fingerprint density at radius 3 is 2.96 bits per heavy atom. The van der Waals surface area contributed by atoms with Gasteiger partial charge < -0.3 is 14.4 Å². The minimum absolute atomic E-state index is 0.0121. The average molecular weight is 375 g/mol. The van der Waals surface area contributed by atoms with E-state index >= 15 is 0 Å². The van der Waals surface area contributed by atoms with Crippen molar-refractivity contribution >= 4 is 38.5 Å². The monoisotopic (exact) mass is 374 g/mol. The van der Waals surface area contributed by atoms with Crippen LogP contribution in [0.1, 0.15) is 6.92 Å². The van der Waals surface area contributed by atoms with Crippen LogP contribution in [0.15, 0.2) is 12.3 Å². The van der Waals surface area contributed by atoms with Gasteiger partial charge in [-0.05, 0) is 24.6 Å². The fourth-order valence-corrected chi connectivity index (χ4v) is 4.11. The van der Waals surface area contributed by atoms with Gasteiger partial charge in [-0.15, -0.1) is 0 Å². The van der Waals surface area contributed by atoms with Crippen LogP contribution >= 0.6 is 11.6 Å². The fourth-order valence-electron chi connectivity index (χ4n) is 2.72. The summed E-state index contributed by atoms with van der Waals surface area (Å²) in [6, 6.07) is 1.81. The first-order chi connectivity index (χ1) is 11.4. The first-order valence-corrected chi connectivity index (χ1v) is 9.54. The molecule has 1 saturated heterocycles. The zero-order valence-electron chi connectivity index (χ0n) is 13.5. The van der Waals surface area contributed by atoms with Gasteiger partial charge in [-0.1, -0.05) is 0 Å². The van der Waals surface area contributed by atoms with Crippen LogP contribution in [0.3, 0.4) is 0 Å². The number of halogens is 1. The second-order valence-electron chi connectivity index (χ2n) is 5.59. The fraction of sp³-hybridized carbons (Fsp3) is 0.571. The van der Waals surface area contributed by atoms with Gasteiger partial charge >= 0.3 is 0 Å². The van der Waals surface area contributed by atoms with E-state index in [0.717, 1.165) is 3.97 Å². The number of aromatic nitrogens is 3. The van der Waals surface area contributed by atoms with Crippen molar-refractivity contribution < 1.29 is 17.9 Å². The SMILES string of the molecule is COCCS(=O)(=O)n1ccc2c(N3CCOCC3C)nc(Cl)nc21.